The Balaban J connectivity index is 1.89. The van der Waals surface area contributed by atoms with Crippen LogP contribution < -0.4 is 5.32 Å². The third-order valence-electron chi connectivity index (χ3n) is 3.52. The van der Waals surface area contributed by atoms with E-state index in [-0.39, 0.29) is 5.56 Å². The number of nitrogens with one attached hydrogen (secondary N) is 1. The van der Waals surface area contributed by atoms with Crippen LogP contribution in [0, 0.1) is 0 Å². The van der Waals surface area contributed by atoms with Gasteiger partial charge in [0.15, 0.2) is 0 Å². The molecule has 0 aromatic heterocycles. The van der Waals surface area contributed by atoms with Gasteiger partial charge in [-0.05, 0) is 37.3 Å². The van der Waals surface area contributed by atoms with E-state index >= 15 is 0 Å². The van der Waals surface area contributed by atoms with Gasteiger partial charge < -0.3 is 10.1 Å². The van der Waals surface area contributed by atoms with Crippen LogP contribution in [0.2, 0.25) is 5.02 Å². The fraction of sp³-hybridized carbons (Fsp3) is 0.222. The molecule has 0 saturated heterocycles. The van der Waals surface area contributed by atoms with Crippen molar-refractivity contribution in [1.29, 1.82) is 0 Å². The Morgan fingerprint density at radius 2 is 1.73 bits per heavy atom. The Hall–Kier alpha value is -2.54. The van der Waals surface area contributed by atoms with Gasteiger partial charge in [-0.2, -0.15) is 13.2 Å². The topological polar surface area (TPSA) is 55.4 Å². The predicted molar refractivity (Wildman–Crippen MR) is 89.7 cm³/mol. The van der Waals surface area contributed by atoms with Crippen molar-refractivity contribution in [2.24, 2.45) is 0 Å². The van der Waals surface area contributed by atoms with E-state index in [1.165, 1.54) is 0 Å². The maximum atomic E-state index is 12.5. The Morgan fingerprint density at radius 1 is 1.12 bits per heavy atom. The van der Waals surface area contributed by atoms with Gasteiger partial charge in [0, 0.05) is 16.1 Å². The molecule has 4 nitrogen and oxygen atoms in total. The summed E-state index contributed by atoms with van der Waals surface area (Å²) in [6.07, 6.45) is -5.09. The van der Waals surface area contributed by atoms with Gasteiger partial charge in [0.25, 0.3) is 5.91 Å². The molecule has 2 aromatic rings. The van der Waals surface area contributed by atoms with E-state index in [2.05, 4.69) is 5.32 Å². The molecule has 1 atom stereocenters. The van der Waals surface area contributed by atoms with E-state index in [0.29, 0.717) is 10.6 Å². The number of rotatable bonds is 5. The molecule has 0 aliphatic carbocycles. The Labute approximate surface area is 152 Å². The maximum absolute atomic E-state index is 12.5. The van der Waals surface area contributed by atoms with Crippen molar-refractivity contribution in [1.82, 2.24) is 5.32 Å². The molecule has 1 amide bonds. The normalized spacial score (nSPS) is 12.3. The summed E-state index contributed by atoms with van der Waals surface area (Å²) in [5.74, 6) is -1.38. The van der Waals surface area contributed by atoms with Gasteiger partial charge in [-0.15, -0.1) is 0 Å². The molecule has 1 unspecified atom stereocenters. The molecule has 26 heavy (non-hydrogen) atoms. The smallest absolute Gasteiger partial charge is 0.416 e. The van der Waals surface area contributed by atoms with Gasteiger partial charge in [0.05, 0.1) is 5.56 Å². The van der Waals surface area contributed by atoms with Crippen molar-refractivity contribution < 1.29 is 27.5 Å². The fourth-order valence-corrected chi connectivity index (χ4v) is 2.46. The summed E-state index contributed by atoms with van der Waals surface area (Å²) in [5, 5.41) is 2.75. The van der Waals surface area contributed by atoms with E-state index in [0.717, 1.165) is 24.3 Å². The minimum atomic E-state index is -4.48. The van der Waals surface area contributed by atoms with Gasteiger partial charge in [0.2, 0.25) is 0 Å². The molecular weight excluding hydrogens is 371 g/mol. The lowest BCUT2D eigenvalue weighted by Gasteiger charge is -2.15. The van der Waals surface area contributed by atoms with Crippen LogP contribution >= 0.6 is 11.6 Å². The number of hydrogen-bond acceptors (Lipinski definition) is 3. The first-order valence-corrected chi connectivity index (χ1v) is 7.95. The van der Waals surface area contributed by atoms with E-state index in [1.54, 1.807) is 31.2 Å². The van der Waals surface area contributed by atoms with Crippen molar-refractivity contribution in [3.05, 3.63) is 70.2 Å². The van der Waals surface area contributed by atoms with Crippen LogP contribution in [0.5, 0.6) is 0 Å². The first-order valence-electron chi connectivity index (χ1n) is 7.58. The lowest BCUT2D eigenvalue weighted by molar-refractivity contribution is -0.147. The summed E-state index contributed by atoms with van der Waals surface area (Å²) in [7, 11) is 0. The second-order valence-electron chi connectivity index (χ2n) is 5.41. The zero-order valence-electron chi connectivity index (χ0n) is 13.6. The van der Waals surface area contributed by atoms with Crippen molar-refractivity contribution >= 4 is 23.5 Å². The molecule has 0 spiro atoms. The van der Waals surface area contributed by atoms with Crippen LogP contribution in [0.4, 0.5) is 13.2 Å². The minimum absolute atomic E-state index is 0.00459. The average Bonchev–Trinajstić information content (AvgIpc) is 2.59. The standard InChI is InChI=1S/C18H15ClF3NO3/c1-11(14-4-2-3-5-15(14)19)26-16(24)10-23-17(25)12-6-8-13(9-7-12)18(20,21)22/h2-9,11H,10H2,1H3,(H,23,25). The highest BCUT2D eigenvalue weighted by atomic mass is 35.5. The number of ether oxygens (including phenoxy) is 1. The van der Waals surface area contributed by atoms with Gasteiger partial charge in [-0.1, -0.05) is 29.8 Å². The number of alkyl halides is 3. The summed E-state index contributed by atoms with van der Waals surface area (Å²) in [6, 6.07) is 10.5. The third-order valence-corrected chi connectivity index (χ3v) is 3.86. The molecule has 0 radical (unpaired) electrons. The van der Waals surface area contributed by atoms with Gasteiger partial charge in [0.1, 0.15) is 12.6 Å². The SMILES string of the molecule is CC(OC(=O)CNC(=O)c1ccc(C(F)(F)F)cc1)c1ccccc1Cl. The number of hydrogen-bond donors (Lipinski definition) is 1. The quantitative estimate of drug-likeness (QED) is 0.776. The van der Waals surface area contributed by atoms with Crippen LogP contribution in [-0.4, -0.2) is 18.4 Å². The van der Waals surface area contributed by atoms with Gasteiger partial charge in [-0.25, -0.2) is 0 Å². The first kappa shape index (κ1) is 19.8. The van der Waals surface area contributed by atoms with Crippen molar-refractivity contribution in [2.45, 2.75) is 19.2 Å². The molecule has 8 heteroatoms. The van der Waals surface area contributed by atoms with E-state index in [1.807, 2.05) is 0 Å². The number of amides is 1. The molecule has 2 rings (SSSR count). The van der Waals surface area contributed by atoms with Crippen molar-refractivity contribution in [2.75, 3.05) is 6.54 Å². The lowest BCUT2D eigenvalue weighted by Crippen LogP contribution is -2.31. The Bertz CT molecular complexity index is 791. The van der Waals surface area contributed by atoms with Gasteiger partial charge in [-0.3, -0.25) is 9.59 Å². The molecule has 0 aliphatic rings. The van der Waals surface area contributed by atoms with Gasteiger partial charge >= 0.3 is 12.1 Å². The molecular formula is C18H15ClF3NO3. The highest BCUT2D eigenvalue weighted by molar-refractivity contribution is 6.31. The summed E-state index contributed by atoms with van der Waals surface area (Å²) < 4.78 is 42.7. The van der Waals surface area contributed by atoms with Crippen LogP contribution in [-0.2, 0) is 15.7 Å². The molecule has 1 N–H and O–H groups in total. The van der Waals surface area contributed by atoms with E-state index in [4.69, 9.17) is 16.3 Å². The molecule has 0 bridgehead atoms. The number of esters is 1. The lowest BCUT2D eigenvalue weighted by atomic mass is 10.1. The van der Waals surface area contributed by atoms with Crippen LogP contribution in [0.15, 0.2) is 48.5 Å². The average molecular weight is 386 g/mol. The largest absolute Gasteiger partial charge is 0.456 e. The molecule has 2 aromatic carbocycles. The minimum Gasteiger partial charge on any atom is -0.456 e. The van der Waals surface area contributed by atoms with E-state index in [9.17, 15) is 22.8 Å². The van der Waals surface area contributed by atoms with E-state index < -0.39 is 36.3 Å². The van der Waals surface area contributed by atoms with Crippen LogP contribution in [0.3, 0.4) is 0 Å². The van der Waals surface area contributed by atoms with Crippen LogP contribution in [0.1, 0.15) is 34.5 Å². The Morgan fingerprint density at radius 3 is 2.31 bits per heavy atom. The highest BCUT2D eigenvalue weighted by Crippen LogP contribution is 2.29. The highest BCUT2D eigenvalue weighted by Gasteiger charge is 2.30. The molecule has 0 saturated carbocycles. The number of carbonyl (C=O) groups excluding carboxylic acids is 2. The second-order valence-corrected chi connectivity index (χ2v) is 5.82. The number of benzene rings is 2. The van der Waals surface area contributed by atoms with Crippen molar-refractivity contribution in [3.63, 3.8) is 0 Å². The molecule has 0 fully saturated rings. The third kappa shape index (κ3) is 5.23. The maximum Gasteiger partial charge on any atom is 0.416 e. The number of carbonyl (C=O) groups is 2. The van der Waals surface area contributed by atoms with Crippen LogP contribution in [0.25, 0.3) is 0 Å². The summed E-state index contributed by atoms with van der Waals surface area (Å²) in [4.78, 5) is 23.7. The molecule has 138 valence electrons. The van der Waals surface area contributed by atoms with Crippen molar-refractivity contribution in [3.8, 4) is 0 Å². The zero-order valence-corrected chi connectivity index (χ0v) is 14.4. The summed E-state index contributed by atoms with van der Waals surface area (Å²) in [5.41, 5.74) is -0.233. The fourth-order valence-electron chi connectivity index (χ4n) is 2.17. The zero-order chi connectivity index (χ0) is 19.3. The summed E-state index contributed by atoms with van der Waals surface area (Å²) in [6.45, 7) is 1.21. The monoisotopic (exact) mass is 385 g/mol. The second kappa shape index (κ2) is 8.23. The molecule has 0 heterocycles. The molecule has 0 aliphatic heterocycles. The number of halogens is 4. The summed E-state index contributed by atoms with van der Waals surface area (Å²) >= 11 is 6.01. The predicted octanol–water partition coefficient (Wildman–Crippen LogP) is 4.39. The Kier molecular flexibility index (Phi) is 6.26. The first-order chi connectivity index (χ1) is 12.2.